The van der Waals surface area contributed by atoms with Gasteiger partial charge in [0.2, 0.25) is 5.91 Å². The van der Waals surface area contributed by atoms with E-state index < -0.39 is 0 Å². The summed E-state index contributed by atoms with van der Waals surface area (Å²) in [6.07, 6.45) is 6.05. The largest absolute Gasteiger partial charge is 0.376 e. The number of hydrogen-bond acceptors (Lipinski definition) is 5. The summed E-state index contributed by atoms with van der Waals surface area (Å²) in [7, 11) is 1.97. The molecule has 0 aromatic carbocycles. The van der Waals surface area contributed by atoms with Gasteiger partial charge in [-0.05, 0) is 25.7 Å². The zero-order valence-electron chi connectivity index (χ0n) is 13.4. The number of rotatable bonds is 3. The summed E-state index contributed by atoms with van der Waals surface area (Å²) in [4.78, 5) is 19.9. The van der Waals surface area contributed by atoms with Gasteiger partial charge in [-0.15, -0.1) is 11.3 Å². The van der Waals surface area contributed by atoms with Crippen LogP contribution in [0.4, 0.5) is 5.13 Å². The summed E-state index contributed by atoms with van der Waals surface area (Å²) in [6.45, 7) is 3.00. The summed E-state index contributed by atoms with van der Waals surface area (Å²) in [5, 5.41) is 5.14. The second-order valence-corrected chi connectivity index (χ2v) is 7.22. The van der Waals surface area contributed by atoms with Gasteiger partial charge in [-0.3, -0.25) is 14.4 Å². The predicted molar refractivity (Wildman–Crippen MR) is 88.7 cm³/mol. The van der Waals surface area contributed by atoms with Crippen molar-refractivity contribution in [2.24, 2.45) is 7.05 Å². The Bertz CT molecular complexity index is 745. The van der Waals surface area contributed by atoms with Gasteiger partial charge in [0.25, 0.3) is 0 Å². The fraction of sp³-hybridized carbons (Fsp3) is 0.562. The minimum Gasteiger partial charge on any atom is -0.376 e. The first kappa shape index (κ1) is 14.8. The number of fused-ring (bicyclic) bond motifs is 3. The van der Waals surface area contributed by atoms with Crippen LogP contribution in [0, 0.1) is 0 Å². The highest BCUT2D eigenvalue weighted by Gasteiger charge is 2.28. The fourth-order valence-electron chi connectivity index (χ4n) is 3.36. The summed E-state index contributed by atoms with van der Waals surface area (Å²) < 4.78 is 7.61. The van der Waals surface area contributed by atoms with E-state index in [4.69, 9.17) is 9.72 Å². The van der Waals surface area contributed by atoms with E-state index >= 15 is 0 Å². The molecule has 1 amide bonds. The van der Waals surface area contributed by atoms with Crippen molar-refractivity contribution in [3.63, 3.8) is 0 Å². The SMILES string of the molecule is CC(=O)N(CC1CCCO1)c1nc2c(s1)CCc1c-2cnn1C. The van der Waals surface area contributed by atoms with E-state index in [0.717, 1.165) is 48.7 Å². The third kappa shape index (κ3) is 2.57. The second-order valence-electron chi connectivity index (χ2n) is 6.16. The molecule has 2 aliphatic rings. The van der Waals surface area contributed by atoms with Crippen LogP contribution in [-0.2, 0) is 29.4 Å². The van der Waals surface area contributed by atoms with Crippen molar-refractivity contribution in [1.82, 2.24) is 14.8 Å². The molecule has 122 valence electrons. The lowest BCUT2D eigenvalue weighted by molar-refractivity contribution is -0.116. The van der Waals surface area contributed by atoms with Gasteiger partial charge in [-0.25, -0.2) is 4.98 Å². The van der Waals surface area contributed by atoms with Crippen LogP contribution >= 0.6 is 11.3 Å². The van der Waals surface area contributed by atoms with Crippen LogP contribution in [0.1, 0.15) is 30.3 Å². The molecule has 1 aliphatic carbocycles. The van der Waals surface area contributed by atoms with Gasteiger partial charge in [-0.1, -0.05) is 0 Å². The molecule has 7 heteroatoms. The number of aryl methyl sites for hydroxylation is 2. The molecule has 0 bridgehead atoms. The van der Waals surface area contributed by atoms with Crippen LogP contribution in [-0.4, -0.2) is 39.9 Å². The molecule has 6 nitrogen and oxygen atoms in total. The lowest BCUT2D eigenvalue weighted by Gasteiger charge is -2.21. The molecule has 23 heavy (non-hydrogen) atoms. The summed E-state index contributed by atoms with van der Waals surface area (Å²) >= 11 is 1.63. The average molecular weight is 332 g/mol. The quantitative estimate of drug-likeness (QED) is 0.864. The van der Waals surface area contributed by atoms with Crippen molar-refractivity contribution in [3.8, 4) is 11.3 Å². The minimum absolute atomic E-state index is 0.0259. The number of ether oxygens (including phenoxy) is 1. The maximum absolute atomic E-state index is 12.1. The van der Waals surface area contributed by atoms with Crippen LogP contribution in [0.5, 0.6) is 0 Å². The van der Waals surface area contributed by atoms with E-state index in [1.165, 1.54) is 10.6 Å². The van der Waals surface area contributed by atoms with Gasteiger partial charge in [0, 0.05) is 36.7 Å². The van der Waals surface area contributed by atoms with Gasteiger partial charge in [0.15, 0.2) is 5.13 Å². The molecule has 1 saturated heterocycles. The maximum Gasteiger partial charge on any atom is 0.225 e. The van der Waals surface area contributed by atoms with Gasteiger partial charge in [0.05, 0.1) is 24.5 Å². The van der Waals surface area contributed by atoms with Crippen molar-refractivity contribution in [1.29, 1.82) is 0 Å². The topological polar surface area (TPSA) is 60.3 Å². The molecular formula is C16H20N4O2S. The Labute approximate surface area is 139 Å². The molecule has 1 unspecified atom stereocenters. The molecule has 0 N–H and O–H groups in total. The first-order chi connectivity index (χ1) is 11.1. The first-order valence-corrected chi connectivity index (χ1v) is 8.86. The summed E-state index contributed by atoms with van der Waals surface area (Å²) in [5.41, 5.74) is 3.33. The van der Waals surface area contributed by atoms with Crippen LogP contribution in [0.15, 0.2) is 6.20 Å². The van der Waals surface area contributed by atoms with E-state index in [-0.39, 0.29) is 12.0 Å². The number of carbonyl (C=O) groups excluding carboxylic acids is 1. The van der Waals surface area contributed by atoms with E-state index in [2.05, 4.69) is 5.10 Å². The van der Waals surface area contributed by atoms with Crippen LogP contribution < -0.4 is 4.90 Å². The zero-order valence-corrected chi connectivity index (χ0v) is 14.2. The van der Waals surface area contributed by atoms with Crippen molar-refractivity contribution >= 4 is 22.4 Å². The number of nitrogens with zero attached hydrogens (tertiary/aromatic N) is 4. The van der Waals surface area contributed by atoms with Crippen molar-refractivity contribution in [2.75, 3.05) is 18.1 Å². The van der Waals surface area contributed by atoms with Crippen LogP contribution in [0.2, 0.25) is 0 Å². The van der Waals surface area contributed by atoms with Crippen molar-refractivity contribution < 1.29 is 9.53 Å². The Balaban J connectivity index is 1.66. The molecule has 1 fully saturated rings. The Morgan fingerprint density at radius 2 is 2.39 bits per heavy atom. The highest BCUT2D eigenvalue weighted by Crippen LogP contribution is 2.39. The Hall–Kier alpha value is -1.73. The highest BCUT2D eigenvalue weighted by atomic mass is 32.1. The van der Waals surface area contributed by atoms with E-state index in [1.807, 2.05) is 17.9 Å². The molecule has 0 saturated carbocycles. The maximum atomic E-state index is 12.1. The molecule has 2 aromatic rings. The Kier molecular flexibility index (Phi) is 3.69. The highest BCUT2D eigenvalue weighted by molar-refractivity contribution is 7.16. The third-order valence-corrected chi connectivity index (χ3v) is 5.75. The molecule has 3 heterocycles. The number of aromatic nitrogens is 3. The number of thiazole rings is 1. The minimum atomic E-state index is 0.0259. The number of hydrogen-bond donors (Lipinski definition) is 0. The molecule has 2 aromatic heterocycles. The average Bonchev–Trinajstić information content (AvgIpc) is 3.23. The first-order valence-electron chi connectivity index (χ1n) is 8.04. The number of amides is 1. The molecule has 1 atom stereocenters. The summed E-state index contributed by atoms with van der Waals surface area (Å²) in [6, 6.07) is 0. The number of carbonyl (C=O) groups is 1. The van der Waals surface area contributed by atoms with E-state index in [1.54, 1.807) is 23.2 Å². The van der Waals surface area contributed by atoms with Gasteiger partial charge < -0.3 is 4.74 Å². The third-order valence-electron chi connectivity index (χ3n) is 4.61. The van der Waals surface area contributed by atoms with Crippen molar-refractivity contribution in [2.45, 2.75) is 38.7 Å². The monoisotopic (exact) mass is 332 g/mol. The number of anilines is 1. The van der Waals surface area contributed by atoms with Crippen LogP contribution in [0.3, 0.4) is 0 Å². The predicted octanol–water partition coefficient (Wildman–Crippen LogP) is 2.17. The van der Waals surface area contributed by atoms with Gasteiger partial charge in [-0.2, -0.15) is 5.10 Å². The second kappa shape index (κ2) is 5.72. The molecular weight excluding hydrogens is 312 g/mol. The smallest absolute Gasteiger partial charge is 0.225 e. The van der Waals surface area contributed by atoms with Gasteiger partial charge in [0.1, 0.15) is 0 Å². The van der Waals surface area contributed by atoms with Crippen LogP contribution in [0.25, 0.3) is 11.3 Å². The van der Waals surface area contributed by atoms with E-state index in [0.29, 0.717) is 6.54 Å². The molecule has 4 rings (SSSR count). The lowest BCUT2D eigenvalue weighted by atomic mass is 10.0. The van der Waals surface area contributed by atoms with Crippen molar-refractivity contribution in [3.05, 3.63) is 16.8 Å². The fourth-order valence-corrected chi connectivity index (χ4v) is 4.48. The lowest BCUT2D eigenvalue weighted by Crippen LogP contribution is -2.35. The Morgan fingerprint density at radius 3 is 3.13 bits per heavy atom. The normalized spacial score (nSPS) is 19.5. The van der Waals surface area contributed by atoms with E-state index in [9.17, 15) is 4.79 Å². The molecule has 0 spiro atoms. The standard InChI is InChI=1S/C16H20N4O2S/c1-10(21)20(9-11-4-3-7-22-11)16-18-15-12-8-17-19(2)13(12)5-6-14(15)23-16/h8,11H,3-7,9H2,1-2H3. The molecule has 0 radical (unpaired) electrons. The zero-order chi connectivity index (χ0) is 16.0. The van der Waals surface area contributed by atoms with Gasteiger partial charge >= 0.3 is 0 Å². The molecule has 1 aliphatic heterocycles. The summed E-state index contributed by atoms with van der Waals surface area (Å²) in [5.74, 6) is 0.0259. The Morgan fingerprint density at radius 1 is 1.52 bits per heavy atom.